The van der Waals surface area contributed by atoms with Crippen LogP contribution in [0.4, 0.5) is 0 Å². The maximum atomic E-state index is 5.83. The van der Waals surface area contributed by atoms with Gasteiger partial charge >= 0.3 is 0 Å². The minimum atomic E-state index is -0.829. The standard InChI is InChI=1S/C33H71N9O3/c1-7-37-42(40-30-19-11-10-12-20-30)33(36-27-45-6,35-24-26-44-5)31(41(8-2)9-3)32(34-23-16-25-43-4,39-29-21-15-22-29)38-28-17-13-14-18-28/h28-31,34-40H,7-27H2,1-6H3. The molecule has 0 bridgehead atoms. The molecule has 3 saturated carbocycles. The molecule has 12 nitrogen and oxygen atoms in total. The van der Waals surface area contributed by atoms with Crippen molar-refractivity contribution in [2.45, 2.75) is 140 Å². The van der Waals surface area contributed by atoms with Crippen molar-refractivity contribution in [3.8, 4) is 0 Å². The molecule has 3 aliphatic rings. The lowest BCUT2D eigenvalue weighted by Gasteiger charge is -2.60. The molecule has 3 rings (SSSR count). The minimum Gasteiger partial charge on any atom is -0.385 e. The van der Waals surface area contributed by atoms with E-state index >= 15 is 0 Å². The van der Waals surface area contributed by atoms with E-state index in [1.165, 1.54) is 64.2 Å². The van der Waals surface area contributed by atoms with Gasteiger partial charge in [-0.15, -0.1) is 5.12 Å². The molecule has 0 heterocycles. The Morgan fingerprint density at radius 1 is 0.667 bits per heavy atom. The first-order valence-electron chi connectivity index (χ1n) is 18.3. The molecule has 45 heavy (non-hydrogen) atoms. The Morgan fingerprint density at radius 3 is 1.80 bits per heavy atom. The molecule has 266 valence electrons. The van der Waals surface area contributed by atoms with E-state index in [1.54, 1.807) is 21.3 Å². The topological polar surface area (TPSA) is 118 Å². The third-order valence-corrected chi connectivity index (χ3v) is 10.0. The summed E-state index contributed by atoms with van der Waals surface area (Å²) < 4.78 is 17.0. The minimum absolute atomic E-state index is 0.147. The van der Waals surface area contributed by atoms with Gasteiger partial charge in [-0.25, -0.2) is 10.9 Å². The van der Waals surface area contributed by atoms with E-state index in [-0.39, 0.29) is 6.04 Å². The van der Waals surface area contributed by atoms with Crippen molar-refractivity contribution in [2.75, 3.05) is 74.0 Å². The highest BCUT2D eigenvalue weighted by molar-refractivity contribution is 5.11. The average Bonchev–Trinajstić information content (AvgIpc) is 3.55. The first-order chi connectivity index (χ1) is 22.0. The lowest BCUT2D eigenvalue weighted by molar-refractivity contribution is -0.167. The van der Waals surface area contributed by atoms with Crippen LogP contribution in [-0.2, 0) is 14.2 Å². The molecule has 7 N–H and O–H groups in total. The van der Waals surface area contributed by atoms with Gasteiger partial charge in [-0.1, -0.05) is 59.3 Å². The summed E-state index contributed by atoms with van der Waals surface area (Å²) in [5, 5.41) is 22.9. The molecule has 3 atom stereocenters. The first kappa shape index (κ1) is 39.0. The predicted octanol–water partition coefficient (Wildman–Crippen LogP) is 2.40. The highest BCUT2D eigenvalue weighted by atomic mass is 16.5. The quantitative estimate of drug-likeness (QED) is 0.0427. The van der Waals surface area contributed by atoms with Crippen LogP contribution in [0.3, 0.4) is 0 Å². The van der Waals surface area contributed by atoms with Gasteiger partial charge in [0.2, 0.25) is 0 Å². The van der Waals surface area contributed by atoms with Gasteiger partial charge in [-0.2, -0.15) is 0 Å². The van der Waals surface area contributed by atoms with Gasteiger partial charge in [0.05, 0.1) is 13.3 Å². The molecule has 12 heteroatoms. The Hall–Kier alpha value is -0.480. The summed E-state index contributed by atoms with van der Waals surface area (Å²) in [7, 11) is 5.34. The maximum Gasteiger partial charge on any atom is 0.175 e. The van der Waals surface area contributed by atoms with Crippen LogP contribution >= 0.6 is 0 Å². The molecule has 0 spiro atoms. The fraction of sp³-hybridized carbons (Fsp3) is 1.00. The second kappa shape index (κ2) is 21.5. The van der Waals surface area contributed by atoms with Crippen molar-refractivity contribution < 1.29 is 14.2 Å². The summed E-state index contributed by atoms with van der Waals surface area (Å²) in [5.74, 6) is -1.47. The van der Waals surface area contributed by atoms with E-state index in [9.17, 15) is 0 Å². The van der Waals surface area contributed by atoms with Crippen LogP contribution in [0, 0.1) is 0 Å². The number of rotatable bonds is 26. The number of hydrazine groups is 2. The zero-order valence-electron chi connectivity index (χ0n) is 29.8. The van der Waals surface area contributed by atoms with E-state index in [4.69, 9.17) is 14.2 Å². The third-order valence-electron chi connectivity index (χ3n) is 10.0. The number of nitrogens with zero attached hydrogens (tertiary/aromatic N) is 2. The Morgan fingerprint density at radius 2 is 1.27 bits per heavy atom. The number of ether oxygens (including phenoxy) is 3. The first-order valence-corrected chi connectivity index (χ1v) is 18.3. The van der Waals surface area contributed by atoms with Crippen LogP contribution in [0.2, 0.25) is 0 Å². The molecule has 0 amide bonds. The Labute approximate surface area is 275 Å². The van der Waals surface area contributed by atoms with Crippen LogP contribution in [0.15, 0.2) is 0 Å². The van der Waals surface area contributed by atoms with Gasteiger partial charge in [-0.3, -0.25) is 31.5 Å². The normalized spacial score (nSPS) is 22.1. The van der Waals surface area contributed by atoms with Crippen LogP contribution in [0.5, 0.6) is 0 Å². The molecular weight excluding hydrogens is 570 g/mol. The van der Waals surface area contributed by atoms with Crippen molar-refractivity contribution in [3.05, 3.63) is 0 Å². The Bertz CT molecular complexity index is 751. The van der Waals surface area contributed by atoms with Gasteiger partial charge in [0.15, 0.2) is 5.79 Å². The third kappa shape index (κ3) is 11.3. The molecule has 0 saturated heterocycles. The summed E-state index contributed by atoms with van der Waals surface area (Å²) in [6, 6.07) is 1.09. The predicted molar refractivity (Wildman–Crippen MR) is 183 cm³/mol. The van der Waals surface area contributed by atoms with E-state index in [0.29, 0.717) is 38.0 Å². The summed E-state index contributed by atoms with van der Waals surface area (Å²) in [4.78, 5) is 2.60. The Kier molecular flexibility index (Phi) is 18.6. The van der Waals surface area contributed by atoms with Crippen molar-refractivity contribution in [2.24, 2.45) is 0 Å². The number of hydrogen-bond acceptors (Lipinski definition) is 12. The summed E-state index contributed by atoms with van der Waals surface area (Å²) in [6.45, 7) is 12.4. The number of nitrogens with one attached hydrogen (secondary N) is 7. The molecule has 0 aromatic rings. The summed E-state index contributed by atoms with van der Waals surface area (Å²) in [5.41, 5.74) is 7.80. The molecule has 0 radical (unpaired) electrons. The number of likely N-dealkylation sites (N-methyl/N-ethyl adjacent to an activating group) is 1. The smallest absolute Gasteiger partial charge is 0.175 e. The van der Waals surface area contributed by atoms with Gasteiger partial charge in [0.25, 0.3) is 0 Å². The molecule has 0 aliphatic heterocycles. The number of hydrogen-bond donors (Lipinski definition) is 7. The van der Waals surface area contributed by atoms with Crippen LogP contribution in [0.1, 0.15) is 104 Å². The molecule has 0 aromatic heterocycles. The van der Waals surface area contributed by atoms with Crippen molar-refractivity contribution in [3.63, 3.8) is 0 Å². The van der Waals surface area contributed by atoms with Gasteiger partial charge in [0.1, 0.15) is 11.8 Å². The summed E-state index contributed by atoms with van der Waals surface area (Å²) in [6.07, 6.45) is 15.6. The largest absolute Gasteiger partial charge is 0.385 e. The van der Waals surface area contributed by atoms with E-state index in [2.05, 4.69) is 68.2 Å². The molecule has 0 aromatic carbocycles. The van der Waals surface area contributed by atoms with Crippen molar-refractivity contribution >= 4 is 0 Å². The van der Waals surface area contributed by atoms with E-state index < -0.39 is 11.6 Å². The monoisotopic (exact) mass is 642 g/mol. The zero-order valence-corrected chi connectivity index (χ0v) is 29.8. The average molecular weight is 642 g/mol. The lowest BCUT2D eigenvalue weighted by Crippen LogP contribution is -2.92. The van der Waals surface area contributed by atoms with Crippen LogP contribution in [0.25, 0.3) is 0 Å². The maximum absolute atomic E-state index is 5.83. The fourth-order valence-electron chi connectivity index (χ4n) is 7.51. The number of methoxy groups -OCH3 is 3. The highest BCUT2D eigenvalue weighted by Gasteiger charge is 2.58. The SMILES string of the molecule is CCNN(NC1CCCCC1)C(NCCOC)(NCOC)C(N(CC)CC)C(NCCCOC)(NC1CCCC1)NC1CCC1. The molecular formula is C33H71N9O3. The summed E-state index contributed by atoms with van der Waals surface area (Å²) >= 11 is 0. The Balaban J connectivity index is 2.24. The molecule has 3 fully saturated rings. The van der Waals surface area contributed by atoms with E-state index in [1.807, 2.05) is 0 Å². The second-order valence-electron chi connectivity index (χ2n) is 13.2. The van der Waals surface area contributed by atoms with Gasteiger partial charge in [-0.05, 0) is 58.0 Å². The lowest BCUT2D eigenvalue weighted by atomic mass is 9.88. The second-order valence-corrected chi connectivity index (χ2v) is 13.2. The molecule has 3 aliphatic carbocycles. The van der Waals surface area contributed by atoms with Crippen LogP contribution in [-0.4, -0.2) is 120 Å². The van der Waals surface area contributed by atoms with Gasteiger partial charge < -0.3 is 14.2 Å². The molecule has 3 unspecified atom stereocenters. The van der Waals surface area contributed by atoms with Gasteiger partial charge in [0, 0.05) is 65.7 Å². The van der Waals surface area contributed by atoms with E-state index in [0.717, 1.165) is 52.0 Å². The van der Waals surface area contributed by atoms with Crippen LogP contribution < -0.4 is 37.4 Å². The zero-order chi connectivity index (χ0) is 32.4. The highest BCUT2D eigenvalue weighted by Crippen LogP contribution is 2.32. The fourth-order valence-corrected chi connectivity index (χ4v) is 7.51. The van der Waals surface area contributed by atoms with Crippen molar-refractivity contribution in [1.29, 1.82) is 0 Å². The van der Waals surface area contributed by atoms with Crippen molar-refractivity contribution in [1.82, 2.24) is 47.5 Å².